The molecule has 1 saturated carbocycles. The summed E-state index contributed by atoms with van der Waals surface area (Å²) in [6, 6.07) is 9.35. The third-order valence-corrected chi connectivity index (χ3v) is 4.95. The Kier molecular flexibility index (Phi) is 4.65. The highest BCUT2D eigenvalue weighted by molar-refractivity contribution is 5.63. The second kappa shape index (κ2) is 7.05. The largest absolute Gasteiger partial charge is 0.374 e. The fraction of sp³-hybridized carbons (Fsp3) is 0.526. The van der Waals surface area contributed by atoms with Gasteiger partial charge in [0.15, 0.2) is 0 Å². The summed E-state index contributed by atoms with van der Waals surface area (Å²) < 4.78 is 5.91. The second-order valence-corrected chi connectivity index (χ2v) is 6.99. The van der Waals surface area contributed by atoms with E-state index in [2.05, 4.69) is 51.6 Å². The summed E-state index contributed by atoms with van der Waals surface area (Å²) in [5.74, 6) is 0. The van der Waals surface area contributed by atoms with Gasteiger partial charge < -0.3 is 10.1 Å². The SMILES string of the molecule is Cc1cccc(-c2[nH]ncc2CNC[C@@H]2CN(C3CC3)CCO2)c1. The molecule has 2 heterocycles. The van der Waals surface area contributed by atoms with Crippen molar-refractivity contribution in [2.45, 2.75) is 38.5 Å². The molecule has 0 amide bonds. The van der Waals surface area contributed by atoms with Crippen LogP contribution in [0.25, 0.3) is 11.3 Å². The predicted octanol–water partition coefficient (Wildman–Crippen LogP) is 2.34. The number of ether oxygens (including phenoxy) is 1. The van der Waals surface area contributed by atoms with E-state index in [1.807, 2.05) is 6.20 Å². The van der Waals surface area contributed by atoms with Gasteiger partial charge in [0, 0.05) is 43.3 Å². The summed E-state index contributed by atoms with van der Waals surface area (Å²) >= 11 is 0. The maximum Gasteiger partial charge on any atom is 0.0826 e. The van der Waals surface area contributed by atoms with Crippen LogP contribution in [0.2, 0.25) is 0 Å². The molecule has 1 aliphatic carbocycles. The summed E-state index contributed by atoms with van der Waals surface area (Å²) in [5, 5.41) is 10.9. The van der Waals surface area contributed by atoms with Crippen LogP contribution < -0.4 is 5.32 Å². The Morgan fingerprint density at radius 1 is 1.38 bits per heavy atom. The molecule has 1 aromatic heterocycles. The fourth-order valence-electron chi connectivity index (χ4n) is 3.50. The summed E-state index contributed by atoms with van der Waals surface area (Å²) in [6.45, 7) is 6.84. The van der Waals surface area contributed by atoms with Crippen molar-refractivity contribution in [3.63, 3.8) is 0 Å². The minimum absolute atomic E-state index is 0.300. The van der Waals surface area contributed by atoms with Crippen LogP contribution >= 0.6 is 0 Å². The van der Waals surface area contributed by atoms with Gasteiger partial charge in [-0.15, -0.1) is 0 Å². The molecule has 2 fully saturated rings. The molecule has 1 aliphatic heterocycles. The lowest BCUT2D eigenvalue weighted by Crippen LogP contribution is -2.47. The van der Waals surface area contributed by atoms with Gasteiger partial charge in [0.1, 0.15) is 0 Å². The first kappa shape index (κ1) is 15.8. The molecule has 5 heteroatoms. The molecule has 0 bridgehead atoms. The Bertz CT molecular complexity index is 680. The van der Waals surface area contributed by atoms with E-state index in [0.29, 0.717) is 6.10 Å². The van der Waals surface area contributed by atoms with Crippen LogP contribution in [0.4, 0.5) is 0 Å². The van der Waals surface area contributed by atoms with E-state index in [-0.39, 0.29) is 0 Å². The number of H-pyrrole nitrogens is 1. The van der Waals surface area contributed by atoms with Gasteiger partial charge in [-0.1, -0.05) is 23.8 Å². The third-order valence-electron chi connectivity index (χ3n) is 4.95. The quantitative estimate of drug-likeness (QED) is 0.855. The molecule has 1 aromatic carbocycles. The van der Waals surface area contributed by atoms with Crippen LogP contribution in [0.5, 0.6) is 0 Å². The predicted molar refractivity (Wildman–Crippen MR) is 94.8 cm³/mol. The number of aromatic nitrogens is 2. The minimum Gasteiger partial charge on any atom is -0.374 e. The fourth-order valence-corrected chi connectivity index (χ4v) is 3.50. The molecule has 0 unspecified atom stereocenters. The molecule has 2 aromatic rings. The van der Waals surface area contributed by atoms with Gasteiger partial charge in [-0.2, -0.15) is 5.10 Å². The zero-order valence-electron chi connectivity index (χ0n) is 14.3. The standard InChI is InChI=1S/C19H26N4O/c1-14-3-2-4-15(9-14)19-16(11-21-22-19)10-20-12-18-13-23(7-8-24-18)17-5-6-17/h2-4,9,11,17-18,20H,5-8,10,12-13H2,1H3,(H,21,22)/t18-/m1/s1. The van der Waals surface area contributed by atoms with Crippen molar-refractivity contribution in [3.8, 4) is 11.3 Å². The zero-order valence-corrected chi connectivity index (χ0v) is 14.3. The Hall–Kier alpha value is -1.69. The van der Waals surface area contributed by atoms with E-state index in [4.69, 9.17) is 4.74 Å². The number of hydrogen-bond acceptors (Lipinski definition) is 4. The van der Waals surface area contributed by atoms with Crippen molar-refractivity contribution in [2.24, 2.45) is 0 Å². The first-order chi connectivity index (χ1) is 11.8. The lowest BCUT2D eigenvalue weighted by molar-refractivity contribution is -0.0301. The molecule has 1 saturated heterocycles. The molecule has 2 aliphatic rings. The van der Waals surface area contributed by atoms with Crippen molar-refractivity contribution >= 4 is 0 Å². The summed E-state index contributed by atoms with van der Waals surface area (Å²) in [4.78, 5) is 2.59. The van der Waals surface area contributed by atoms with E-state index < -0.39 is 0 Å². The first-order valence-electron chi connectivity index (χ1n) is 8.95. The van der Waals surface area contributed by atoms with E-state index in [1.165, 1.54) is 29.5 Å². The molecular formula is C19H26N4O. The van der Waals surface area contributed by atoms with E-state index in [1.54, 1.807) is 0 Å². The molecule has 24 heavy (non-hydrogen) atoms. The number of benzene rings is 1. The van der Waals surface area contributed by atoms with Crippen molar-refractivity contribution in [1.82, 2.24) is 20.4 Å². The Morgan fingerprint density at radius 2 is 2.29 bits per heavy atom. The Labute approximate surface area is 143 Å². The van der Waals surface area contributed by atoms with Crippen molar-refractivity contribution < 1.29 is 4.74 Å². The monoisotopic (exact) mass is 326 g/mol. The Balaban J connectivity index is 1.32. The molecule has 5 nitrogen and oxygen atoms in total. The van der Waals surface area contributed by atoms with Crippen LogP contribution in [0.15, 0.2) is 30.5 Å². The molecular weight excluding hydrogens is 300 g/mol. The summed E-state index contributed by atoms with van der Waals surface area (Å²) in [6.07, 6.45) is 4.96. The van der Waals surface area contributed by atoms with Gasteiger partial charge in [-0.25, -0.2) is 0 Å². The number of nitrogens with one attached hydrogen (secondary N) is 2. The molecule has 128 valence electrons. The van der Waals surface area contributed by atoms with Gasteiger partial charge in [-0.3, -0.25) is 10.00 Å². The highest BCUT2D eigenvalue weighted by Crippen LogP contribution is 2.28. The van der Waals surface area contributed by atoms with Crippen molar-refractivity contribution in [3.05, 3.63) is 41.6 Å². The van der Waals surface area contributed by atoms with Crippen LogP contribution in [-0.4, -0.2) is 53.5 Å². The van der Waals surface area contributed by atoms with Crippen molar-refractivity contribution in [1.29, 1.82) is 0 Å². The van der Waals surface area contributed by atoms with Gasteiger partial charge in [0.25, 0.3) is 0 Å². The average molecular weight is 326 g/mol. The molecule has 0 spiro atoms. The lowest BCUT2D eigenvalue weighted by Gasteiger charge is -2.33. The Morgan fingerprint density at radius 3 is 3.12 bits per heavy atom. The van der Waals surface area contributed by atoms with Crippen LogP contribution in [0.3, 0.4) is 0 Å². The van der Waals surface area contributed by atoms with Gasteiger partial charge in [0.2, 0.25) is 0 Å². The number of morpholine rings is 1. The number of aromatic amines is 1. The van der Waals surface area contributed by atoms with Gasteiger partial charge >= 0.3 is 0 Å². The molecule has 0 radical (unpaired) electrons. The first-order valence-corrected chi connectivity index (χ1v) is 8.95. The van der Waals surface area contributed by atoms with Crippen LogP contribution in [-0.2, 0) is 11.3 Å². The maximum atomic E-state index is 5.91. The van der Waals surface area contributed by atoms with E-state index in [9.17, 15) is 0 Å². The number of hydrogen-bond donors (Lipinski definition) is 2. The zero-order chi connectivity index (χ0) is 16.4. The van der Waals surface area contributed by atoms with E-state index in [0.717, 1.165) is 44.5 Å². The molecule has 1 atom stereocenters. The molecule has 4 rings (SSSR count). The molecule has 2 N–H and O–H groups in total. The van der Waals surface area contributed by atoms with Crippen LogP contribution in [0, 0.1) is 6.92 Å². The summed E-state index contributed by atoms with van der Waals surface area (Å²) in [5.41, 5.74) is 4.76. The average Bonchev–Trinajstić information content (AvgIpc) is 3.34. The topological polar surface area (TPSA) is 53.2 Å². The maximum absolute atomic E-state index is 5.91. The highest BCUT2D eigenvalue weighted by Gasteiger charge is 2.32. The number of rotatable bonds is 6. The van der Waals surface area contributed by atoms with E-state index >= 15 is 0 Å². The minimum atomic E-state index is 0.300. The number of nitrogens with zero attached hydrogens (tertiary/aromatic N) is 2. The third kappa shape index (κ3) is 3.69. The van der Waals surface area contributed by atoms with Gasteiger partial charge in [0.05, 0.1) is 24.6 Å². The normalized spacial score (nSPS) is 22.0. The van der Waals surface area contributed by atoms with Crippen molar-refractivity contribution in [2.75, 3.05) is 26.2 Å². The lowest BCUT2D eigenvalue weighted by atomic mass is 10.1. The smallest absolute Gasteiger partial charge is 0.0826 e. The highest BCUT2D eigenvalue weighted by atomic mass is 16.5. The van der Waals surface area contributed by atoms with Crippen LogP contribution in [0.1, 0.15) is 24.0 Å². The summed E-state index contributed by atoms with van der Waals surface area (Å²) in [7, 11) is 0. The number of aryl methyl sites for hydroxylation is 1. The van der Waals surface area contributed by atoms with Gasteiger partial charge in [-0.05, 0) is 25.8 Å². The second-order valence-electron chi connectivity index (χ2n) is 6.99.